The largest absolute Gasteiger partial charge is 0.299 e. The molecule has 4 nitrogen and oxygen atoms in total. The van der Waals surface area contributed by atoms with Crippen molar-refractivity contribution in [3.63, 3.8) is 0 Å². The number of halogens is 1. The molecule has 140 valence electrons. The maximum Gasteiger partial charge on any atom is 0.240 e. The summed E-state index contributed by atoms with van der Waals surface area (Å²) in [6, 6.07) is 14.3. The van der Waals surface area contributed by atoms with Crippen LogP contribution in [0, 0.1) is 18.7 Å². The molecule has 2 aromatic carbocycles. The minimum absolute atomic E-state index is 0.123. The minimum Gasteiger partial charge on any atom is -0.299 e. The predicted octanol–water partition coefficient (Wildman–Crippen LogP) is 3.32. The number of benzene rings is 2. The van der Waals surface area contributed by atoms with Crippen molar-refractivity contribution in [2.45, 2.75) is 31.2 Å². The highest BCUT2D eigenvalue weighted by Crippen LogP contribution is 2.20. The number of nitrogens with zero attached hydrogens (tertiary/aromatic N) is 1. The van der Waals surface area contributed by atoms with Crippen molar-refractivity contribution in [2.75, 3.05) is 19.6 Å². The number of nitrogens with one attached hydrogen (secondary N) is 1. The van der Waals surface area contributed by atoms with E-state index in [4.69, 9.17) is 0 Å². The van der Waals surface area contributed by atoms with E-state index in [-0.39, 0.29) is 4.90 Å². The van der Waals surface area contributed by atoms with Crippen molar-refractivity contribution >= 4 is 10.0 Å². The van der Waals surface area contributed by atoms with E-state index in [1.807, 2.05) is 18.2 Å². The third kappa shape index (κ3) is 4.90. The lowest BCUT2D eigenvalue weighted by molar-refractivity contribution is 0.178. The van der Waals surface area contributed by atoms with E-state index in [0.29, 0.717) is 18.0 Å². The summed E-state index contributed by atoms with van der Waals surface area (Å²) < 4.78 is 40.8. The highest BCUT2D eigenvalue weighted by molar-refractivity contribution is 7.89. The summed E-state index contributed by atoms with van der Waals surface area (Å²) in [7, 11) is -3.59. The maximum absolute atomic E-state index is 13.3. The lowest BCUT2D eigenvalue weighted by Gasteiger charge is -2.32. The Hall–Kier alpha value is -1.76. The summed E-state index contributed by atoms with van der Waals surface area (Å²) in [5.41, 5.74) is 1.64. The Labute approximate surface area is 155 Å². The van der Waals surface area contributed by atoms with Gasteiger partial charge in [0.2, 0.25) is 10.0 Å². The van der Waals surface area contributed by atoms with Crippen LogP contribution in [0.1, 0.15) is 24.0 Å². The quantitative estimate of drug-likeness (QED) is 0.841. The highest BCUT2D eigenvalue weighted by atomic mass is 32.2. The molecule has 0 unspecified atom stereocenters. The van der Waals surface area contributed by atoms with E-state index >= 15 is 0 Å². The first kappa shape index (κ1) is 19.0. The van der Waals surface area contributed by atoms with Crippen LogP contribution >= 0.6 is 0 Å². The van der Waals surface area contributed by atoms with Crippen molar-refractivity contribution in [1.29, 1.82) is 0 Å². The molecule has 0 aliphatic carbocycles. The van der Waals surface area contributed by atoms with Crippen LogP contribution in [0.2, 0.25) is 0 Å². The molecule has 0 bridgehead atoms. The van der Waals surface area contributed by atoms with Gasteiger partial charge in [0.15, 0.2) is 0 Å². The van der Waals surface area contributed by atoms with Crippen molar-refractivity contribution < 1.29 is 12.8 Å². The molecule has 1 saturated heterocycles. The van der Waals surface area contributed by atoms with Crippen LogP contribution in [0.15, 0.2) is 53.4 Å². The van der Waals surface area contributed by atoms with E-state index in [2.05, 4.69) is 21.8 Å². The van der Waals surface area contributed by atoms with Crippen LogP contribution in [-0.2, 0) is 16.6 Å². The second kappa shape index (κ2) is 8.29. The standard InChI is InChI=1S/C20H25FN2O2S/c1-16-13-19(7-8-20(16)21)26(24,25)22-14-17-9-11-23(12-10-17)15-18-5-3-2-4-6-18/h2-8,13,17,22H,9-12,14-15H2,1H3. The molecule has 1 heterocycles. The average Bonchev–Trinajstić information content (AvgIpc) is 2.64. The number of hydrogen-bond acceptors (Lipinski definition) is 3. The lowest BCUT2D eigenvalue weighted by atomic mass is 9.97. The first-order valence-corrected chi connectivity index (χ1v) is 10.4. The van der Waals surface area contributed by atoms with Gasteiger partial charge in [-0.25, -0.2) is 17.5 Å². The summed E-state index contributed by atoms with van der Waals surface area (Å²) in [6.07, 6.45) is 1.94. The molecule has 3 rings (SSSR count). The molecular weight excluding hydrogens is 351 g/mol. The molecule has 1 N–H and O–H groups in total. The van der Waals surface area contributed by atoms with E-state index in [1.165, 1.54) is 23.8 Å². The molecule has 0 spiro atoms. The Morgan fingerprint density at radius 1 is 1.12 bits per heavy atom. The van der Waals surface area contributed by atoms with Crippen LogP contribution in [0.4, 0.5) is 4.39 Å². The van der Waals surface area contributed by atoms with Crippen LogP contribution in [0.3, 0.4) is 0 Å². The zero-order valence-corrected chi connectivity index (χ0v) is 15.8. The fraction of sp³-hybridized carbons (Fsp3) is 0.400. The van der Waals surface area contributed by atoms with Gasteiger partial charge in [0.05, 0.1) is 4.90 Å². The van der Waals surface area contributed by atoms with E-state index < -0.39 is 15.8 Å². The fourth-order valence-corrected chi connectivity index (χ4v) is 4.49. The Kier molecular flexibility index (Phi) is 6.06. The van der Waals surface area contributed by atoms with Crippen molar-refractivity contribution in [3.8, 4) is 0 Å². The fourth-order valence-electron chi connectivity index (χ4n) is 3.29. The first-order valence-electron chi connectivity index (χ1n) is 8.96. The molecule has 1 aliphatic rings. The SMILES string of the molecule is Cc1cc(S(=O)(=O)NCC2CCN(Cc3ccccc3)CC2)ccc1F. The van der Waals surface area contributed by atoms with Gasteiger partial charge < -0.3 is 0 Å². The number of sulfonamides is 1. The summed E-state index contributed by atoms with van der Waals surface area (Å²) in [6.45, 7) is 4.87. The molecule has 26 heavy (non-hydrogen) atoms. The molecule has 1 aliphatic heterocycles. The van der Waals surface area contributed by atoms with Crippen molar-refractivity contribution in [3.05, 3.63) is 65.5 Å². The molecular formula is C20H25FN2O2S. The molecule has 0 aromatic heterocycles. The van der Waals surface area contributed by atoms with E-state index in [1.54, 1.807) is 6.92 Å². The molecule has 0 saturated carbocycles. The van der Waals surface area contributed by atoms with Gasteiger partial charge in [0.25, 0.3) is 0 Å². The van der Waals surface area contributed by atoms with Gasteiger partial charge in [-0.05, 0) is 68.1 Å². The number of hydrogen-bond donors (Lipinski definition) is 1. The molecule has 6 heteroatoms. The Morgan fingerprint density at radius 2 is 1.81 bits per heavy atom. The van der Waals surface area contributed by atoms with Gasteiger partial charge in [-0.1, -0.05) is 30.3 Å². The normalized spacial score (nSPS) is 16.7. The zero-order valence-electron chi connectivity index (χ0n) is 15.0. The number of aryl methyl sites for hydroxylation is 1. The summed E-state index contributed by atoms with van der Waals surface area (Å²) >= 11 is 0. The third-order valence-electron chi connectivity index (χ3n) is 4.96. The second-order valence-electron chi connectivity index (χ2n) is 6.97. The molecule has 0 atom stereocenters. The van der Waals surface area contributed by atoms with Crippen LogP contribution in [0.25, 0.3) is 0 Å². The third-order valence-corrected chi connectivity index (χ3v) is 6.38. The topological polar surface area (TPSA) is 49.4 Å². The number of likely N-dealkylation sites (tertiary alicyclic amines) is 1. The van der Waals surface area contributed by atoms with Crippen molar-refractivity contribution in [2.24, 2.45) is 5.92 Å². The van der Waals surface area contributed by atoms with Crippen LogP contribution in [-0.4, -0.2) is 33.0 Å². The van der Waals surface area contributed by atoms with Gasteiger partial charge in [0.1, 0.15) is 5.82 Å². The second-order valence-corrected chi connectivity index (χ2v) is 8.73. The average molecular weight is 376 g/mol. The Morgan fingerprint density at radius 3 is 2.46 bits per heavy atom. The lowest BCUT2D eigenvalue weighted by Crippen LogP contribution is -2.38. The maximum atomic E-state index is 13.3. The Balaban J connectivity index is 1.49. The van der Waals surface area contributed by atoms with Crippen LogP contribution < -0.4 is 4.72 Å². The van der Waals surface area contributed by atoms with E-state index in [0.717, 1.165) is 32.5 Å². The summed E-state index contributed by atoms with van der Waals surface area (Å²) in [4.78, 5) is 2.53. The van der Waals surface area contributed by atoms with Gasteiger partial charge in [-0.15, -0.1) is 0 Å². The molecule has 0 radical (unpaired) electrons. The van der Waals surface area contributed by atoms with Gasteiger partial charge in [0, 0.05) is 13.1 Å². The smallest absolute Gasteiger partial charge is 0.240 e. The van der Waals surface area contributed by atoms with Crippen LogP contribution in [0.5, 0.6) is 0 Å². The predicted molar refractivity (Wildman–Crippen MR) is 101 cm³/mol. The Bertz CT molecular complexity index is 832. The summed E-state index contributed by atoms with van der Waals surface area (Å²) in [5.74, 6) is -0.0620. The van der Waals surface area contributed by atoms with Gasteiger partial charge in [-0.3, -0.25) is 4.90 Å². The number of rotatable bonds is 6. The summed E-state index contributed by atoms with van der Waals surface area (Å²) in [5, 5.41) is 0. The highest BCUT2D eigenvalue weighted by Gasteiger charge is 2.22. The first-order chi connectivity index (χ1) is 12.4. The molecule has 2 aromatic rings. The molecule has 1 fully saturated rings. The van der Waals surface area contributed by atoms with Gasteiger partial charge in [-0.2, -0.15) is 0 Å². The zero-order chi connectivity index (χ0) is 18.6. The molecule has 0 amide bonds. The van der Waals surface area contributed by atoms with E-state index in [9.17, 15) is 12.8 Å². The number of piperidine rings is 1. The monoisotopic (exact) mass is 376 g/mol. The minimum atomic E-state index is -3.59. The van der Waals surface area contributed by atoms with Crippen molar-refractivity contribution in [1.82, 2.24) is 9.62 Å². The van der Waals surface area contributed by atoms with Gasteiger partial charge >= 0.3 is 0 Å².